The van der Waals surface area contributed by atoms with E-state index in [1.165, 1.54) is 6.92 Å². The first-order chi connectivity index (χ1) is 10.1. The molecule has 0 bridgehead atoms. The van der Waals surface area contributed by atoms with E-state index in [9.17, 15) is 9.59 Å². The molecule has 0 aliphatic carbocycles. The average molecular weight is 297 g/mol. The second-order valence-electron chi connectivity index (χ2n) is 4.77. The van der Waals surface area contributed by atoms with Gasteiger partial charge in [0, 0.05) is 26.4 Å². The molecule has 21 heavy (non-hydrogen) atoms. The van der Waals surface area contributed by atoms with Crippen LogP contribution in [0, 0.1) is 0 Å². The molecule has 8 heteroatoms. The van der Waals surface area contributed by atoms with E-state index in [2.05, 4.69) is 20.8 Å². The van der Waals surface area contributed by atoms with Crippen LogP contribution >= 0.6 is 0 Å². The molecule has 0 spiro atoms. The average Bonchev–Trinajstić information content (AvgIpc) is 2.88. The van der Waals surface area contributed by atoms with Crippen LogP contribution in [0.5, 0.6) is 0 Å². The molecule has 1 aromatic rings. The molecule has 1 amide bonds. The van der Waals surface area contributed by atoms with E-state index in [0.717, 1.165) is 25.7 Å². The minimum Gasteiger partial charge on any atom is -0.457 e. The molecule has 0 aliphatic rings. The maximum absolute atomic E-state index is 11.6. The topological polar surface area (TPSA) is 99.0 Å². The normalized spacial score (nSPS) is 10.4. The monoisotopic (exact) mass is 297 g/mol. The van der Waals surface area contributed by atoms with Crippen LogP contribution in [0.2, 0.25) is 0 Å². The highest BCUT2D eigenvalue weighted by molar-refractivity contribution is 5.72. The Hall–Kier alpha value is -1.99. The molecule has 0 unspecified atom stereocenters. The van der Waals surface area contributed by atoms with Crippen molar-refractivity contribution in [3.05, 3.63) is 5.82 Å². The Morgan fingerprint density at radius 3 is 2.81 bits per heavy atom. The lowest BCUT2D eigenvalue weighted by Crippen LogP contribution is -2.20. The number of hydrogen-bond acceptors (Lipinski definition) is 6. The summed E-state index contributed by atoms with van der Waals surface area (Å²) in [7, 11) is 0. The maximum atomic E-state index is 11.6. The van der Waals surface area contributed by atoms with Gasteiger partial charge in [0.2, 0.25) is 5.91 Å². The van der Waals surface area contributed by atoms with Gasteiger partial charge >= 0.3 is 5.97 Å². The van der Waals surface area contributed by atoms with Gasteiger partial charge < -0.3 is 10.1 Å². The number of aromatic nitrogens is 4. The Morgan fingerprint density at radius 1 is 1.29 bits per heavy atom. The number of ether oxygens (including phenoxy) is 1. The highest BCUT2D eigenvalue weighted by Crippen LogP contribution is 2.03. The standard InChI is InChI=1S/C13H23N5O3/c1-3-9-18-12(15-16-17-18)10-21-13(20)7-5-4-6-8-14-11(2)19/h3-10H2,1-2H3,(H,14,19). The van der Waals surface area contributed by atoms with Crippen LogP contribution in [0.3, 0.4) is 0 Å². The van der Waals surface area contributed by atoms with Gasteiger partial charge in [-0.1, -0.05) is 13.3 Å². The summed E-state index contributed by atoms with van der Waals surface area (Å²) in [5.41, 5.74) is 0. The first kappa shape index (κ1) is 17.1. The molecule has 0 fully saturated rings. The fraction of sp³-hybridized carbons (Fsp3) is 0.769. The molecule has 1 rings (SSSR count). The number of tetrazole rings is 1. The van der Waals surface area contributed by atoms with Gasteiger partial charge in [0.1, 0.15) is 0 Å². The smallest absolute Gasteiger partial charge is 0.306 e. The van der Waals surface area contributed by atoms with Crippen LogP contribution in [-0.2, 0) is 27.5 Å². The number of aryl methyl sites for hydroxylation is 1. The summed E-state index contributed by atoms with van der Waals surface area (Å²) < 4.78 is 6.79. The van der Waals surface area contributed by atoms with Gasteiger partial charge in [-0.3, -0.25) is 9.59 Å². The minimum absolute atomic E-state index is 0.0285. The highest BCUT2D eigenvalue weighted by Gasteiger charge is 2.09. The zero-order chi connectivity index (χ0) is 15.5. The number of carbonyl (C=O) groups excluding carboxylic acids is 2. The Balaban J connectivity index is 2.11. The zero-order valence-corrected chi connectivity index (χ0v) is 12.7. The predicted molar refractivity (Wildman–Crippen MR) is 75.1 cm³/mol. The van der Waals surface area contributed by atoms with E-state index >= 15 is 0 Å². The van der Waals surface area contributed by atoms with Crippen LogP contribution in [0.4, 0.5) is 0 Å². The van der Waals surface area contributed by atoms with Crippen molar-refractivity contribution in [3.8, 4) is 0 Å². The number of unbranched alkanes of at least 4 members (excludes halogenated alkanes) is 2. The van der Waals surface area contributed by atoms with Gasteiger partial charge in [-0.05, 0) is 29.7 Å². The number of nitrogens with zero attached hydrogens (tertiary/aromatic N) is 4. The van der Waals surface area contributed by atoms with E-state index in [-0.39, 0.29) is 18.5 Å². The first-order valence-corrected chi connectivity index (χ1v) is 7.28. The number of amides is 1. The van der Waals surface area contributed by atoms with Gasteiger partial charge in [-0.25, -0.2) is 4.68 Å². The molecule has 1 N–H and O–H groups in total. The van der Waals surface area contributed by atoms with Crippen molar-refractivity contribution >= 4 is 11.9 Å². The Morgan fingerprint density at radius 2 is 2.10 bits per heavy atom. The SMILES string of the molecule is CCCn1nnnc1COC(=O)CCCCCNC(C)=O. The number of rotatable bonds is 10. The largest absolute Gasteiger partial charge is 0.457 e. The fourth-order valence-electron chi connectivity index (χ4n) is 1.76. The van der Waals surface area contributed by atoms with Gasteiger partial charge in [0.15, 0.2) is 12.4 Å². The zero-order valence-electron chi connectivity index (χ0n) is 12.7. The summed E-state index contributed by atoms with van der Waals surface area (Å²) in [5.74, 6) is 0.288. The highest BCUT2D eigenvalue weighted by atomic mass is 16.5. The van der Waals surface area contributed by atoms with Crippen LogP contribution in [0.15, 0.2) is 0 Å². The van der Waals surface area contributed by atoms with Gasteiger partial charge in [-0.15, -0.1) is 5.10 Å². The summed E-state index contributed by atoms with van der Waals surface area (Å²) in [6.07, 6.45) is 3.78. The van der Waals surface area contributed by atoms with Crippen LogP contribution in [0.25, 0.3) is 0 Å². The first-order valence-electron chi connectivity index (χ1n) is 7.28. The fourth-order valence-corrected chi connectivity index (χ4v) is 1.76. The third kappa shape index (κ3) is 7.38. The van der Waals surface area contributed by atoms with E-state index < -0.39 is 0 Å². The lowest BCUT2D eigenvalue weighted by molar-refractivity contribution is -0.145. The third-order valence-electron chi connectivity index (χ3n) is 2.84. The van der Waals surface area contributed by atoms with Crippen molar-refractivity contribution in [1.29, 1.82) is 0 Å². The Kier molecular flexibility index (Phi) is 8.00. The molecule has 0 saturated carbocycles. The Labute approximate surface area is 124 Å². The van der Waals surface area contributed by atoms with E-state index in [0.29, 0.717) is 25.3 Å². The third-order valence-corrected chi connectivity index (χ3v) is 2.84. The van der Waals surface area contributed by atoms with Crippen LogP contribution < -0.4 is 5.32 Å². The molecule has 0 saturated heterocycles. The van der Waals surface area contributed by atoms with Crippen molar-refractivity contribution in [2.24, 2.45) is 0 Å². The molecular formula is C13H23N5O3. The molecule has 1 aromatic heterocycles. The second kappa shape index (κ2) is 9.84. The van der Waals surface area contributed by atoms with Crippen LogP contribution in [0.1, 0.15) is 51.8 Å². The van der Waals surface area contributed by atoms with Crippen molar-refractivity contribution in [1.82, 2.24) is 25.5 Å². The lowest BCUT2D eigenvalue weighted by atomic mass is 10.2. The molecule has 1 heterocycles. The van der Waals surface area contributed by atoms with E-state index in [4.69, 9.17) is 4.74 Å². The summed E-state index contributed by atoms with van der Waals surface area (Å²) in [4.78, 5) is 22.2. The molecule has 0 atom stereocenters. The molecule has 0 aromatic carbocycles. The van der Waals surface area contributed by atoms with Gasteiger partial charge in [-0.2, -0.15) is 0 Å². The summed E-state index contributed by atoms with van der Waals surface area (Å²) >= 11 is 0. The molecular weight excluding hydrogens is 274 g/mol. The van der Waals surface area contributed by atoms with Crippen molar-refractivity contribution in [2.45, 2.75) is 59.1 Å². The van der Waals surface area contributed by atoms with Gasteiger partial charge in [0.05, 0.1) is 0 Å². The minimum atomic E-state index is -0.249. The maximum Gasteiger partial charge on any atom is 0.306 e. The quantitative estimate of drug-likeness (QED) is 0.507. The Bertz CT molecular complexity index is 447. The molecule has 118 valence electrons. The summed E-state index contributed by atoms with van der Waals surface area (Å²) in [6, 6.07) is 0. The number of carbonyl (C=O) groups is 2. The predicted octanol–water partition coefficient (Wildman–Crippen LogP) is 0.823. The van der Waals surface area contributed by atoms with E-state index in [1.54, 1.807) is 4.68 Å². The van der Waals surface area contributed by atoms with Crippen molar-refractivity contribution in [3.63, 3.8) is 0 Å². The summed E-state index contributed by atoms with van der Waals surface area (Å²) in [6.45, 7) is 4.98. The summed E-state index contributed by atoms with van der Waals surface area (Å²) in [5, 5.41) is 13.9. The number of nitrogens with one attached hydrogen (secondary N) is 1. The second-order valence-corrected chi connectivity index (χ2v) is 4.77. The lowest BCUT2D eigenvalue weighted by Gasteiger charge is -2.05. The molecule has 0 aliphatic heterocycles. The van der Waals surface area contributed by atoms with E-state index in [1.807, 2.05) is 6.92 Å². The molecule has 0 radical (unpaired) electrons. The number of hydrogen-bond donors (Lipinski definition) is 1. The molecule has 8 nitrogen and oxygen atoms in total. The number of esters is 1. The van der Waals surface area contributed by atoms with Crippen molar-refractivity contribution < 1.29 is 14.3 Å². The van der Waals surface area contributed by atoms with Crippen molar-refractivity contribution in [2.75, 3.05) is 6.54 Å². The van der Waals surface area contributed by atoms with Crippen LogP contribution in [-0.4, -0.2) is 38.6 Å². The van der Waals surface area contributed by atoms with Gasteiger partial charge in [0.25, 0.3) is 0 Å².